The Hall–Kier alpha value is -2.11. The third kappa shape index (κ3) is 5.37. The number of nitrogens with one attached hydrogen (secondary N) is 2. The molecule has 104 valence electrons. The number of amides is 2. The minimum atomic E-state index is -0.346. The van der Waals surface area contributed by atoms with Gasteiger partial charge in [0.15, 0.2) is 0 Å². The molecule has 0 atom stereocenters. The number of carbonyl (C=O) groups is 2. The highest BCUT2D eigenvalue weighted by Crippen LogP contribution is 2.06. The van der Waals surface area contributed by atoms with Crippen LogP contribution >= 0.6 is 0 Å². The van der Waals surface area contributed by atoms with Gasteiger partial charge in [0.05, 0.1) is 6.54 Å². The molecule has 0 radical (unpaired) electrons. The van der Waals surface area contributed by atoms with E-state index in [0.717, 1.165) is 0 Å². The van der Waals surface area contributed by atoms with Crippen LogP contribution in [0.4, 0.5) is 5.82 Å². The zero-order valence-corrected chi connectivity index (χ0v) is 11.7. The largest absolute Gasteiger partial charge is 0.384 e. The molecule has 0 saturated carbocycles. The number of carbonyl (C=O) groups excluding carboxylic acids is 2. The summed E-state index contributed by atoms with van der Waals surface area (Å²) in [5.41, 5.74) is 6.30. The van der Waals surface area contributed by atoms with E-state index < -0.39 is 0 Å². The van der Waals surface area contributed by atoms with Crippen LogP contribution in [-0.4, -0.2) is 28.9 Å². The first-order valence-electron chi connectivity index (χ1n) is 6.01. The molecule has 0 fully saturated rings. The van der Waals surface area contributed by atoms with Gasteiger partial charge in [-0.3, -0.25) is 9.59 Å². The van der Waals surface area contributed by atoms with Crippen molar-refractivity contribution in [2.24, 2.45) is 0 Å². The topological polar surface area (TPSA) is 97.1 Å². The maximum atomic E-state index is 11.8. The fraction of sp³-hybridized carbons (Fsp3) is 0.462. The standard InChI is InChI=1S/C13H20N4O2/c1-8-5-9(6-10(14)16-8)12(19)15-7-11(18)17-13(2,3)4/h5-6H,7H2,1-4H3,(H2,14,16)(H,15,19)(H,17,18). The number of aromatic nitrogens is 1. The van der Waals surface area contributed by atoms with Crippen molar-refractivity contribution in [1.29, 1.82) is 0 Å². The van der Waals surface area contributed by atoms with E-state index in [1.807, 2.05) is 20.8 Å². The fourth-order valence-electron chi connectivity index (χ4n) is 1.55. The molecule has 1 aromatic heterocycles. The van der Waals surface area contributed by atoms with Crippen LogP contribution in [0.1, 0.15) is 36.8 Å². The Balaban J connectivity index is 2.58. The molecule has 6 nitrogen and oxygen atoms in total. The molecular formula is C13H20N4O2. The number of hydrogen-bond donors (Lipinski definition) is 3. The molecule has 0 spiro atoms. The molecule has 19 heavy (non-hydrogen) atoms. The SMILES string of the molecule is Cc1cc(C(=O)NCC(=O)NC(C)(C)C)cc(N)n1. The summed E-state index contributed by atoms with van der Waals surface area (Å²) in [6.45, 7) is 7.30. The molecular weight excluding hydrogens is 244 g/mol. The first kappa shape index (κ1) is 14.9. The smallest absolute Gasteiger partial charge is 0.251 e. The Morgan fingerprint density at radius 2 is 1.95 bits per heavy atom. The highest BCUT2D eigenvalue weighted by atomic mass is 16.2. The molecule has 0 aromatic carbocycles. The number of pyridine rings is 1. The number of nitrogen functional groups attached to an aromatic ring is 1. The molecule has 6 heteroatoms. The number of anilines is 1. The first-order valence-corrected chi connectivity index (χ1v) is 6.01. The lowest BCUT2D eigenvalue weighted by Crippen LogP contribution is -2.45. The van der Waals surface area contributed by atoms with E-state index in [9.17, 15) is 9.59 Å². The lowest BCUT2D eigenvalue weighted by Gasteiger charge is -2.20. The Kier molecular flexibility index (Phi) is 4.47. The average Bonchev–Trinajstić information content (AvgIpc) is 2.22. The minimum absolute atomic E-state index is 0.0720. The van der Waals surface area contributed by atoms with E-state index in [1.54, 1.807) is 13.0 Å². The predicted octanol–water partition coefficient (Wildman–Crippen LogP) is 0.617. The Bertz CT molecular complexity index is 472. The zero-order valence-electron chi connectivity index (χ0n) is 11.7. The Labute approximate surface area is 112 Å². The van der Waals surface area contributed by atoms with Crippen molar-refractivity contribution in [3.8, 4) is 0 Å². The summed E-state index contributed by atoms with van der Waals surface area (Å²) in [5, 5.41) is 5.30. The summed E-state index contributed by atoms with van der Waals surface area (Å²) in [5.74, 6) is -0.301. The zero-order chi connectivity index (χ0) is 14.6. The van der Waals surface area contributed by atoms with Crippen LogP contribution in [-0.2, 0) is 4.79 Å². The molecule has 0 saturated heterocycles. The summed E-state index contributed by atoms with van der Waals surface area (Å²) in [6, 6.07) is 3.09. The fourth-order valence-corrected chi connectivity index (χ4v) is 1.55. The van der Waals surface area contributed by atoms with E-state index in [0.29, 0.717) is 11.3 Å². The van der Waals surface area contributed by atoms with Gasteiger partial charge in [0, 0.05) is 16.8 Å². The summed E-state index contributed by atoms with van der Waals surface area (Å²) < 4.78 is 0. The predicted molar refractivity (Wildman–Crippen MR) is 73.6 cm³/mol. The van der Waals surface area contributed by atoms with Gasteiger partial charge in [-0.05, 0) is 39.8 Å². The number of hydrogen-bond acceptors (Lipinski definition) is 4. The van der Waals surface area contributed by atoms with Crippen LogP contribution in [0.25, 0.3) is 0 Å². The number of rotatable bonds is 3. The molecule has 4 N–H and O–H groups in total. The van der Waals surface area contributed by atoms with E-state index in [-0.39, 0.29) is 29.7 Å². The lowest BCUT2D eigenvalue weighted by atomic mass is 10.1. The van der Waals surface area contributed by atoms with E-state index in [4.69, 9.17) is 5.73 Å². The molecule has 1 rings (SSSR count). The number of nitrogens with zero attached hydrogens (tertiary/aromatic N) is 1. The molecule has 1 heterocycles. The van der Waals surface area contributed by atoms with Gasteiger partial charge in [0.25, 0.3) is 5.91 Å². The van der Waals surface area contributed by atoms with Crippen molar-refractivity contribution in [1.82, 2.24) is 15.6 Å². The van der Waals surface area contributed by atoms with Crippen molar-refractivity contribution in [3.05, 3.63) is 23.4 Å². The summed E-state index contributed by atoms with van der Waals surface area (Å²) in [4.78, 5) is 27.4. The van der Waals surface area contributed by atoms with Gasteiger partial charge in [-0.1, -0.05) is 0 Å². The van der Waals surface area contributed by atoms with Gasteiger partial charge in [-0.25, -0.2) is 4.98 Å². The summed E-state index contributed by atoms with van der Waals surface area (Å²) in [7, 11) is 0. The van der Waals surface area contributed by atoms with Crippen molar-refractivity contribution in [3.63, 3.8) is 0 Å². The van der Waals surface area contributed by atoms with Gasteiger partial charge in [-0.15, -0.1) is 0 Å². The second-order valence-corrected chi connectivity index (χ2v) is 5.40. The van der Waals surface area contributed by atoms with Crippen LogP contribution in [0, 0.1) is 6.92 Å². The molecule has 2 amide bonds. The van der Waals surface area contributed by atoms with Crippen molar-refractivity contribution in [2.75, 3.05) is 12.3 Å². The first-order chi connectivity index (χ1) is 8.67. The average molecular weight is 264 g/mol. The van der Waals surface area contributed by atoms with Gasteiger partial charge in [-0.2, -0.15) is 0 Å². The molecule has 0 aliphatic carbocycles. The van der Waals surface area contributed by atoms with Crippen LogP contribution in [0.15, 0.2) is 12.1 Å². The number of aryl methyl sites for hydroxylation is 1. The lowest BCUT2D eigenvalue weighted by molar-refractivity contribution is -0.121. The highest BCUT2D eigenvalue weighted by molar-refractivity contribution is 5.97. The second-order valence-electron chi connectivity index (χ2n) is 5.40. The third-order valence-electron chi connectivity index (χ3n) is 2.16. The molecule has 0 unspecified atom stereocenters. The molecule has 0 bridgehead atoms. The van der Waals surface area contributed by atoms with Gasteiger partial charge >= 0.3 is 0 Å². The van der Waals surface area contributed by atoms with E-state index in [1.165, 1.54) is 6.07 Å². The van der Waals surface area contributed by atoms with Gasteiger partial charge < -0.3 is 16.4 Å². The van der Waals surface area contributed by atoms with Crippen molar-refractivity contribution < 1.29 is 9.59 Å². The summed E-state index contributed by atoms with van der Waals surface area (Å²) in [6.07, 6.45) is 0. The second kappa shape index (κ2) is 5.69. The molecule has 0 aliphatic heterocycles. The van der Waals surface area contributed by atoms with Crippen LogP contribution < -0.4 is 16.4 Å². The number of nitrogens with two attached hydrogens (primary N) is 1. The molecule has 1 aromatic rings. The van der Waals surface area contributed by atoms with Crippen molar-refractivity contribution in [2.45, 2.75) is 33.2 Å². The quantitative estimate of drug-likeness (QED) is 0.745. The normalized spacial score (nSPS) is 10.9. The van der Waals surface area contributed by atoms with Gasteiger partial charge in [0.1, 0.15) is 5.82 Å². The maximum absolute atomic E-state index is 11.8. The van der Waals surface area contributed by atoms with E-state index in [2.05, 4.69) is 15.6 Å². The minimum Gasteiger partial charge on any atom is -0.384 e. The van der Waals surface area contributed by atoms with Crippen LogP contribution in [0.3, 0.4) is 0 Å². The third-order valence-corrected chi connectivity index (χ3v) is 2.16. The highest BCUT2D eigenvalue weighted by Gasteiger charge is 2.15. The monoisotopic (exact) mass is 264 g/mol. The van der Waals surface area contributed by atoms with E-state index >= 15 is 0 Å². The van der Waals surface area contributed by atoms with Crippen LogP contribution in [0.5, 0.6) is 0 Å². The maximum Gasteiger partial charge on any atom is 0.251 e. The Morgan fingerprint density at radius 3 is 2.47 bits per heavy atom. The Morgan fingerprint density at radius 1 is 1.32 bits per heavy atom. The van der Waals surface area contributed by atoms with Crippen LogP contribution in [0.2, 0.25) is 0 Å². The summed E-state index contributed by atoms with van der Waals surface area (Å²) >= 11 is 0. The molecule has 0 aliphatic rings. The van der Waals surface area contributed by atoms with Crippen molar-refractivity contribution >= 4 is 17.6 Å². The van der Waals surface area contributed by atoms with Gasteiger partial charge in [0.2, 0.25) is 5.91 Å².